The van der Waals surface area contributed by atoms with Gasteiger partial charge in [-0.15, -0.1) is 0 Å². The molecule has 7 heteroatoms. The number of carbonyl (C=O) groups excluding carboxylic acids is 2. The molecule has 0 unspecified atom stereocenters. The Morgan fingerprint density at radius 1 is 0.857 bits per heavy atom. The molecule has 0 bridgehead atoms. The van der Waals surface area contributed by atoms with Crippen LogP contribution >= 0.6 is 23.5 Å². The van der Waals surface area contributed by atoms with Gasteiger partial charge in [-0.1, -0.05) is 25.0 Å². The summed E-state index contributed by atoms with van der Waals surface area (Å²) in [6, 6.07) is 10.3. The van der Waals surface area contributed by atoms with E-state index >= 15 is 0 Å². The maximum absolute atomic E-state index is 13.3. The first kappa shape index (κ1) is 21.6. The molecule has 0 spiro atoms. The summed E-state index contributed by atoms with van der Waals surface area (Å²) in [5.74, 6) is 5.47. The van der Waals surface area contributed by atoms with E-state index in [1.165, 1.54) is 18.2 Å². The molecule has 2 aromatic rings. The summed E-state index contributed by atoms with van der Waals surface area (Å²) in [5.41, 5.74) is -0.165. The van der Waals surface area contributed by atoms with Crippen LogP contribution in [0, 0.1) is 11.8 Å². The van der Waals surface area contributed by atoms with Crippen LogP contribution in [0.4, 0.5) is 13.2 Å². The monoisotopic (exact) mass is 418 g/mol. The minimum atomic E-state index is -4.61. The maximum atomic E-state index is 13.3. The van der Waals surface area contributed by atoms with Crippen molar-refractivity contribution in [3.05, 3.63) is 84.5 Å². The molecule has 0 saturated heterocycles. The number of halogens is 3. The van der Waals surface area contributed by atoms with Crippen molar-refractivity contribution in [2.24, 2.45) is 0 Å². The van der Waals surface area contributed by atoms with Gasteiger partial charge in [-0.2, -0.15) is 13.2 Å². The van der Waals surface area contributed by atoms with Gasteiger partial charge in [-0.05, 0) is 78.1 Å². The fourth-order valence-electron chi connectivity index (χ4n) is 1.98. The summed E-state index contributed by atoms with van der Waals surface area (Å²) in [6.07, 6.45) is -2.44. The normalized spacial score (nSPS) is 10.5. The second-order valence-corrected chi connectivity index (χ2v) is 7.36. The summed E-state index contributed by atoms with van der Waals surface area (Å²) in [7, 11) is 0. The predicted octanol–water partition coefficient (Wildman–Crippen LogP) is 5.71. The van der Waals surface area contributed by atoms with Gasteiger partial charge in [0.15, 0.2) is 0 Å². The number of rotatable bonds is 4. The van der Waals surface area contributed by atoms with Crippen LogP contribution in [-0.2, 0) is 15.8 Å². The van der Waals surface area contributed by atoms with Crippen molar-refractivity contribution < 1.29 is 22.8 Å². The summed E-state index contributed by atoms with van der Waals surface area (Å²) >= 11 is 1.48. The third-order valence-electron chi connectivity index (χ3n) is 3.25. The minimum absolute atomic E-state index is 0.169. The fourth-order valence-corrected chi connectivity index (χ4v) is 3.29. The first-order valence-electron chi connectivity index (χ1n) is 7.74. The Bertz CT molecular complexity index is 981. The lowest BCUT2D eigenvalue weighted by Crippen LogP contribution is -2.08. The Kier molecular flexibility index (Phi) is 7.32. The van der Waals surface area contributed by atoms with Crippen LogP contribution in [0.25, 0.3) is 0 Å². The number of hydrogen-bond acceptors (Lipinski definition) is 4. The van der Waals surface area contributed by atoms with Crippen LogP contribution in [-0.4, -0.2) is 10.2 Å². The average molecular weight is 418 g/mol. The van der Waals surface area contributed by atoms with E-state index in [1.54, 1.807) is 24.3 Å². The molecule has 0 aromatic heterocycles. The molecule has 2 aromatic carbocycles. The van der Waals surface area contributed by atoms with Gasteiger partial charge in [-0.3, -0.25) is 9.59 Å². The molecule has 0 saturated carbocycles. The Labute approximate surface area is 168 Å². The van der Waals surface area contributed by atoms with E-state index in [0.717, 1.165) is 23.9 Å². The van der Waals surface area contributed by atoms with E-state index in [1.807, 2.05) is 0 Å². The van der Waals surface area contributed by atoms with Crippen LogP contribution in [0.15, 0.2) is 77.6 Å². The lowest BCUT2D eigenvalue weighted by atomic mass is 10.1. The number of hydrogen-bond donors (Lipinski definition) is 0. The molecule has 0 aliphatic heterocycles. The lowest BCUT2D eigenvalue weighted by Gasteiger charge is -2.11. The number of alkyl halides is 3. The van der Waals surface area contributed by atoms with E-state index in [0.29, 0.717) is 22.2 Å². The summed E-state index contributed by atoms with van der Waals surface area (Å²) in [4.78, 5) is 23.2. The van der Waals surface area contributed by atoms with Crippen LogP contribution in [0.5, 0.6) is 0 Å². The molecule has 0 aliphatic carbocycles. The zero-order chi connectivity index (χ0) is 20.7. The fraction of sp³-hybridized carbons (Fsp3) is 0.0476. The van der Waals surface area contributed by atoms with Crippen molar-refractivity contribution in [3.63, 3.8) is 0 Å². The van der Waals surface area contributed by atoms with Crippen LogP contribution in [0.1, 0.15) is 16.7 Å². The molecule has 2 nitrogen and oxygen atoms in total. The summed E-state index contributed by atoms with van der Waals surface area (Å²) in [5, 5.41) is -0.761. The highest BCUT2D eigenvalue weighted by Gasteiger charge is 2.34. The first-order chi connectivity index (χ1) is 13.2. The SMILES string of the molecule is C=CC(=O)Sc1ccc(C#Cc2ccc(SC(=O)C=C)c(C(F)(F)F)c2)cc1. The van der Waals surface area contributed by atoms with Crippen molar-refractivity contribution in [3.8, 4) is 11.8 Å². The largest absolute Gasteiger partial charge is 0.417 e. The molecular weight excluding hydrogens is 405 g/mol. The number of thioether (sulfide) groups is 2. The highest BCUT2D eigenvalue weighted by atomic mass is 32.2. The predicted molar refractivity (Wildman–Crippen MR) is 106 cm³/mol. The molecule has 0 aliphatic rings. The number of benzene rings is 2. The third kappa shape index (κ3) is 6.19. The summed E-state index contributed by atoms with van der Waals surface area (Å²) in [6.45, 7) is 6.65. The smallest absolute Gasteiger partial charge is 0.282 e. The zero-order valence-electron chi connectivity index (χ0n) is 14.4. The van der Waals surface area contributed by atoms with Gasteiger partial charge in [0.05, 0.1) is 5.56 Å². The molecule has 0 fully saturated rings. The summed E-state index contributed by atoms with van der Waals surface area (Å²) < 4.78 is 39.9. The van der Waals surface area contributed by atoms with E-state index in [4.69, 9.17) is 0 Å². The van der Waals surface area contributed by atoms with Crippen molar-refractivity contribution in [1.82, 2.24) is 0 Å². The second-order valence-electron chi connectivity index (χ2n) is 5.23. The molecule has 2 rings (SSSR count). The molecule has 0 atom stereocenters. The Morgan fingerprint density at radius 3 is 1.96 bits per heavy atom. The zero-order valence-corrected chi connectivity index (χ0v) is 16.0. The lowest BCUT2D eigenvalue weighted by molar-refractivity contribution is -0.139. The molecule has 0 amide bonds. The van der Waals surface area contributed by atoms with Crippen LogP contribution in [0.2, 0.25) is 0 Å². The standard InChI is InChI=1S/C21H13F3O2S2/c1-3-19(25)27-16-10-7-14(8-11-16)5-6-15-9-12-18(28-20(26)4-2)17(13-15)21(22,23)24/h3-4,7-13H,1-2H2. The molecule has 0 heterocycles. The average Bonchev–Trinajstić information content (AvgIpc) is 2.67. The Hall–Kier alpha value is -2.69. The molecule has 0 radical (unpaired) electrons. The second kappa shape index (κ2) is 9.49. The molecule has 28 heavy (non-hydrogen) atoms. The highest BCUT2D eigenvalue weighted by Crippen LogP contribution is 2.37. The van der Waals surface area contributed by atoms with E-state index in [2.05, 4.69) is 25.0 Å². The van der Waals surface area contributed by atoms with Crippen LogP contribution < -0.4 is 0 Å². The topological polar surface area (TPSA) is 34.1 Å². The van der Waals surface area contributed by atoms with E-state index in [-0.39, 0.29) is 15.6 Å². The van der Waals surface area contributed by atoms with Crippen LogP contribution in [0.3, 0.4) is 0 Å². The van der Waals surface area contributed by atoms with Gasteiger partial charge in [-0.25, -0.2) is 0 Å². The third-order valence-corrected chi connectivity index (χ3v) is 5.07. The van der Waals surface area contributed by atoms with Crippen molar-refractivity contribution in [2.75, 3.05) is 0 Å². The Morgan fingerprint density at radius 2 is 1.39 bits per heavy atom. The van der Waals surface area contributed by atoms with Gasteiger partial charge in [0.2, 0.25) is 10.2 Å². The Balaban J connectivity index is 2.27. The van der Waals surface area contributed by atoms with Gasteiger partial charge in [0.1, 0.15) is 0 Å². The number of carbonyl (C=O) groups is 2. The van der Waals surface area contributed by atoms with Gasteiger partial charge >= 0.3 is 6.18 Å². The molecular formula is C21H13F3O2S2. The van der Waals surface area contributed by atoms with Crippen molar-refractivity contribution in [1.29, 1.82) is 0 Å². The quantitative estimate of drug-likeness (QED) is 0.362. The molecule has 142 valence electrons. The maximum Gasteiger partial charge on any atom is 0.417 e. The van der Waals surface area contributed by atoms with Gasteiger partial charge in [0, 0.05) is 20.9 Å². The van der Waals surface area contributed by atoms with Crippen molar-refractivity contribution >= 4 is 33.8 Å². The van der Waals surface area contributed by atoms with Gasteiger partial charge < -0.3 is 0 Å². The van der Waals surface area contributed by atoms with Gasteiger partial charge in [0.25, 0.3) is 0 Å². The highest BCUT2D eigenvalue weighted by molar-refractivity contribution is 8.14. The minimum Gasteiger partial charge on any atom is -0.282 e. The van der Waals surface area contributed by atoms with E-state index in [9.17, 15) is 22.8 Å². The molecule has 0 N–H and O–H groups in total. The van der Waals surface area contributed by atoms with Crippen molar-refractivity contribution in [2.45, 2.75) is 16.0 Å². The first-order valence-corrected chi connectivity index (χ1v) is 9.38. The van der Waals surface area contributed by atoms with E-state index < -0.39 is 16.9 Å².